The number of halogens is 1. The van der Waals surface area contributed by atoms with Gasteiger partial charge in [0, 0.05) is 21.8 Å². The van der Waals surface area contributed by atoms with Gasteiger partial charge in [0.05, 0.1) is 12.8 Å². The van der Waals surface area contributed by atoms with E-state index in [9.17, 15) is 4.79 Å². The molecule has 3 aromatic rings. The smallest absolute Gasteiger partial charge is 0.260 e. The van der Waals surface area contributed by atoms with Crippen LogP contribution >= 0.6 is 11.6 Å². The Morgan fingerprint density at radius 2 is 1.78 bits per heavy atom. The summed E-state index contributed by atoms with van der Waals surface area (Å²) in [5.41, 5.74) is 4.26. The van der Waals surface area contributed by atoms with E-state index in [0.717, 1.165) is 22.5 Å². The molecule has 0 bridgehead atoms. The number of carbonyl (C=O) groups is 1. The average molecular weight is 379 g/mol. The second kappa shape index (κ2) is 6.97. The number of nitrogens with one attached hydrogen (secondary N) is 1. The third kappa shape index (κ3) is 3.02. The minimum atomic E-state index is -0.359. The molecule has 1 heterocycles. The molecule has 136 valence electrons. The molecule has 1 N–H and O–H groups in total. The lowest BCUT2D eigenvalue weighted by Crippen LogP contribution is -2.32. The van der Waals surface area contributed by atoms with Crippen molar-refractivity contribution in [3.63, 3.8) is 0 Å². The molecule has 4 nitrogen and oxygen atoms in total. The lowest BCUT2D eigenvalue weighted by molar-refractivity contribution is 0.0992. The van der Waals surface area contributed by atoms with Gasteiger partial charge in [-0.15, -0.1) is 0 Å². The number of ether oxygens (including phenoxy) is 1. The van der Waals surface area contributed by atoms with Crippen LogP contribution in [0.25, 0.3) is 0 Å². The number of hydrogen-bond acceptors (Lipinski definition) is 3. The van der Waals surface area contributed by atoms with Crippen molar-refractivity contribution in [3.05, 3.63) is 88.4 Å². The molecule has 5 heteroatoms. The molecule has 27 heavy (non-hydrogen) atoms. The Kier molecular flexibility index (Phi) is 4.50. The molecule has 0 saturated heterocycles. The zero-order chi connectivity index (χ0) is 19.0. The highest BCUT2D eigenvalue weighted by Crippen LogP contribution is 2.41. The second-order valence-corrected chi connectivity index (χ2v) is 6.88. The van der Waals surface area contributed by atoms with Gasteiger partial charge < -0.3 is 10.1 Å². The minimum Gasteiger partial charge on any atom is -0.495 e. The van der Waals surface area contributed by atoms with Crippen LogP contribution in [0.15, 0.2) is 66.7 Å². The zero-order valence-electron chi connectivity index (χ0n) is 15.1. The number of amides is 1. The van der Waals surface area contributed by atoms with Crippen molar-refractivity contribution in [3.8, 4) is 5.75 Å². The summed E-state index contributed by atoms with van der Waals surface area (Å²) in [6, 6.07) is 20.9. The van der Waals surface area contributed by atoms with Crippen molar-refractivity contribution in [2.45, 2.75) is 13.1 Å². The summed E-state index contributed by atoms with van der Waals surface area (Å²) in [6.45, 7) is 2.00. The lowest BCUT2D eigenvalue weighted by atomic mass is 10.1. The maximum absolute atomic E-state index is 13.2. The predicted molar refractivity (Wildman–Crippen MR) is 109 cm³/mol. The van der Waals surface area contributed by atoms with Crippen LogP contribution in [0, 0.1) is 6.92 Å². The second-order valence-electron chi connectivity index (χ2n) is 6.44. The number of para-hydroxylation sites is 1. The highest BCUT2D eigenvalue weighted by molar-refractivity contribution is 6.31. The third-order valence-corrected chi connectivity index (χ3v) is 5.03. The van der Waals surface area contributed by atoms with Gasteiger partial charge in [-0.05, 0) is 42.8 Å². The van der Waals surface area contributed by atoms with Crippen LogP contribution in [0.1, 0.15) is 27.7 Å². The van der Waals surface area contributed by atoms with Crippen molar-refractivity contribution in [1.82, 2.24) is 0 Å². The Morgan fingerprint density at radius 1 is 1.04 bits per heavy atom. The van der Waals surface area contributed by atoms with Gasteiger partial charge in [0.15, 0.2) is 0 Å². The normalized spacial score (nSPS) is 15.6. The molecule has 0 spiro atoms. The van der Waals surface area contributed by atoms with Crippen LogP contribution in [-0.4, -0.2) is 13.0 Å². The van der Waals surface area contributed by atoms with E-state index in [-0.39, 0.29) is 12.1 Å². The Labute approximate surface area is 163 Å². The van der Waals surface area contributed by atoms with Crippen molar-refractivity contribution in [1.29, 1.82) is 0 Å². The highest BCUT2D eigenvalue weighted by Gasteiger charge is 2.38. The number of benzene rings is 3. The predicted octanol–water partition coefficient (Wildman–Crippen LogP) is 5.43. The fraction of sp³-hybridized carbons (Fsp3) is 0.136. The Bertz CT molecular complexity index is 1020. The first-order valence-corrected chi connectivity index (χ1v) is 9.06. The number of methoxy groups -OCH3 is 1. The van der Waals surface area contributed by atoms with Gasteiger partial charge in [-0.25, -0.2) is 0 Å². The summed E-state index contributed by atoms with van der Waals surface area (Å²) in [4.78, 5) is 15.0. The van der Waals surface area contributed by atoms with E-state index in [4.69, 9.17) is 16.3 Å². The monoisotopic (exact) mass is 378 g/mol. The van der Waals surface area contributed by atoms with E-state index in [1.807, 2.05) is 67.6 Å². The first-order valence-electron chi connectivity index (χ1n) is 8.68. The molecule has 1 aliphatic rings. The van der Waals surface area contributed by atoms with E-state index >= 15 is 0 Å². The zero-order valence-corrected chi connectivity index (χ0v) is 15.8. The van der Waals surface area contributed by atoms with Crippen molar-refractivity contribution in [2.75, 3.05) is 17.3 Å². The first-order chi connectivity index (χ1) is 13.1. The van der Waals surface area contributed by atoms with Crippen LogP contribution in [0.3, 0.4) is 0 Å². The van der Waals surface area contributed by atoms with E-state index < -0.39 is 0 Å². The van der Waals surface area contributed by atoms with Gasteiger partial charge in [0.2, 0.25) is 0 Å². The number of carbonyl (C=O) groups excluding carboxylic acids is 1. The summed E-state index contributed by atoms with van der Waals surface area (Å²) in [6.07, 6.45) is -0.359. The van der Waals surface area contributed by atoms with Gasteiger partial charge in [-0.1, -0.05) is 48.0 Å². The quantitative estimate of drug-likeness (QED) is 0.658. The van der Waals surface area contributed by atoms with Gasteiger partial charge in [-0.3, -0.25) is 9.69 Å². The Morgan fingerprint density at radius 3 is 2.56 bits per heavy atom. The highest BCUT2D eigenvalue weighted by atomic mass is 35.5. The summed E-state index contributed by atoms with van der Waals surface area (Å²) >= 11 is 6.19. The van der Waals surface area contributed by atoms with E-state index in [1.54, 1.807) is 18.1 Å². The first kappa shape index (κ1) is 17.4. The maximum atomic E-state index is 13.2. The number of fused-ring (bicyclic) bond motifs is 1. The van der Waals surface area contributed by atoms with Crippen LogP contribution in [0.4, 0.5) is 11.4 Å². The molecule has 0 unspecified atom stereocenters. The van der Waals surface area contributed by atoms with Gasteiger partial charge >= 0.3 is 0 Å². The molecular weight excluding hydrogens is 360 g/mol. The summed E-state index contributed by atoms with van der Waals surface area (Å²) in [5.74, 6) is 0.638. The molecule has 0 radical (unpaired) electrons. The van der Waals surface area contributed by atoms with E-state index in [2.05, 4.69) is 5.32 Å². The molecule has 0 saturated carbocycles. The standard InChI is InChI=1S/C22H19ClN2O2/c1-14-7-3-6-10-19(14)25-21(16-8-4-5-9-17(16)22(25)26)24-18-13-15(23)11-12-20(18)27-2/h3-13,21,24H,1-2H3/t21-/m0/s1. The lowest BCUT2D eigenvalue weighted by Gasteiger charge is -2.29. The van der Waals surface area contributed by atoms with Crippen molar-refractivity contribution < 1.29 is 9.53 Å². The van der Waals surface area contributed by atoms with E-state index in [0.29, 0.717) is 16.3 Å². The number of aryl methyl sites for hydroxylation is 1. The largest absolute Gasteiger partial charge is 0.495 e. The molecule has 1 atom stereocenters. The van der Waals surface area contributed by atoms with Crippen LogP contribution < -0.4 is 15.0 Å². The topological polar surface area (TPSA) is 41.6 Å². The Balaban J connectivity index is 1.84. The molecule has 0 aliphatic carbocycles. The number of rotatable bonds is 4. The molecule has 0 aromatic heterocycles. The molecular formula is C22H19ClN2O2. The van der Waals surface area contributed by atoms with Crippen LogP contribution in [0.5, 0.6) is 5.75 Å². The van der Waals surface area contributed by atoms with Gasteiger partial charge in [0.1, 0.15) is 11.9 Å². The summed E-state index contributed by atoms with van der Waals surface area (Å²) < 4.78 is 5.47. The van der Waals surface area contributed by atoms with Crippen molar-refractivity contribution in [2.24, 2.45) is 0 Å². The molecule has 4 rings (SSSR count). The maximum Gasteiger partial charge on any atom is 0.260 e. The van der Waals surface area contributed by atoms with Gasteiger partial charge in [-0.2, -0.15) is 0 Å². The van der Waals surface area contributed by atoms with Gasteiger partial charge in [0.25, 0.3) is 5.91 Å². The SMILES string of the molecule is COc1ccc(Cl)cc1N[C@@H]1c2ccccc2C(=O)N1c1ccccc1C. The number of anilines is 2. The third-order valence-electron chi connectivity index (χ3n) is 4.79. The number of nitrogens with zero attached hydrogens (tertiary/aromatic N) is 1. The minimum absolute atomic E-state index is 0.0293. The fourth-order valence-corrected chi connectivity index (χ4v) is 3.65. The fourth-order valence-electron chi connectivity index (χ4n) is 3.48. The number of hydrogen-bond donors (Lipinski definition) is 1. The van der Waals surface area contributed by atoms with Crippen LogP contribution in [0.2, 0.25) is 5.02 Å². The summed E-state index contributed by atoms with van der Waals surface area (Å²) in [5, 5.41) is 4.05. The summed E-state index contributed by atoms with van der Waals surface area (Å²) in [7, 11) is 1.61. The van der Waals surface area contributed by atoms with Crippen molar-refractivity contribution >= 4 is 28.9 Å². The van der Waals surface area contributed by atoms with Crippen LogP contribution in [-0.2, 0) is 0 Å². The Hall–Kier alpha value is -2.98. The molecule has 1 aliphatic heterocycles. The molecule has 3 aromatic carbocycles. The molecule has 0 fully saturated rings. The average Bonchev–Trinajstić information content (AvgIpc) is 2.95. The van der Waals surface area contributed by atoms with E-state index in [1.165, 1.54) is 0 Å². The molecule has 1 amide bonds.